The quantitative estimate of drug-likeness (QED) is 0.493. The summed E-state index contributed by atoms with van der Waals surface area (Å²) in [5, 5.41) is 7.01. The lowest BCUT2D eigenvalue weighted by molar-refractivity contribution is 0.0342. The number of aliphatic imine (C=N–C) groups is 1. The molecule has 2 aliphatic heterocycles. The average molecular weight is 436 g/mol. The summed E-state index contributed by atoms with van der Waals surface area (Å²) in [6.07, 6.45) is 2.50. The predicted molar refractivity (Wildman–Crippen MR) is 131 cm³/mol. The van der Waals surface area contributed by atoms with E-state index in [-0.39, 0.29) is 0 Å². The standard InChI is InChI=1S/C26H37N5O/c1-27-26(29-19-25-8-5-13-31(25)21-23-6-3-2-4-7-23)28-18-22-9-11-24(12-10-22)20-30-14-16-32-17-15-30/h2-4,6-7,9-12,25H,5,8,13-21H2,1H3,(H2,27,28,29). The lowest BCUT2D eigenvalue weighted by Gasteiger charge is -2.26. The highest BCUT2D eigenvalue weighted by Gasteiger charge is 2.24. The summed E-state index contributed by atoms with van der Waals surface area (Å²) < 4.78 is 5.44. The Bertz CT molecular complexity index is 833. The van der Waals surface area contributed by atoms with E-state index in [0.717, 1.165) is 58.4 Å². The summed E-state index contributed by atoms with van der Waals surface area (Å²) in [7, 11) is 1.84. The minimum atomic E-state index is 0.549. The maximum Gasteiger partial charge on any atom is 0.191 e. The van der Waals surface area contributed by atoms with Gasteiger partial charge in [-0.25, -0.2) is 0 Å². The van der Waals surface area contributed by atoms with Crippen molar-refractivity contribution in [2.75, 3.05) is 46.4 Å². The number of likely N-dealkylation sites (tertiary alicyclic amines) is 1. The molecule has 0 amide bonds. The van der Waals surface area contributed by atoms with Crippen molar-refractivity contribution in [3.05, 3.63) is 71.3 Å². The highest BCUT2D eigenvalue weighted by atomic mass is 16.5. The first-order valence-corrected chi connectivity index (χ1v) is 11.9. The van der Waals surface area contributed by atoms with E-state index in [4.69, 9.17) is 4.74 Å². The van der Waals surface area contributed by atoms with Crippen LogP contribution in [0.2, 0.25) is 0 Å². The van der Waals surface area contributed by atoms with E-state index in [9.17, 15) is 0 Å². The van der Waals surface area contributed by atoms with E-state index in [0.29, 0.717) is 6.04 Å². The molecular weight excluding hydrogens is 398 g/mol. The number of hydrogen-bond donors (Lipinski definition) is 2. The van der Waals surface area contributed by atoms with Gasteiger partial charge in [-0.1, -0.05) is 54.6 Å². The smallest absolute Gasteiger partial charge is 0.191 e. The average Bonchev–Trinajstić information content (AvgIpc) is 3.28. The van der Waals surface area contributed by atoms with Crippen LogP contribution >= 0.6 is 0 Å². The first-order chi connectivity index (χ1) is 15.8. The summed E-state index contributed by atoms with van der Waals surface area (Å²) in [5.41, 5.74) is 4.02. The van der Waals surface area contributed by atoms with Crippen molar-refractivity contribution in [2.24, 2.45) is 4.99 Å². The normalized spacial score (nSPS) is 20.4. The summed E-state index contributed by atoms with van der Waals surface area (Å²) in [6, 6.07) is 20.2. The van der Waals surface area contributed by atoms with E-state index in [1.165, 1.54) is 36.1 Å². The van der Waals surface area contributed by atoms with Crippen molar-refractivity contribution in [2.45, 2.75) is 38.5 Å². The molecule has 0 aromatic heterocycles. The minimum Gasteiger partial charge on any atom is -0.379 e. The van der Waals surface area contributed by atoms with Gasteiger partial charge in [0.25, 0.3) is 0 Å². The van der Waals surface area contributed by atoms with Crippen molar-refractivity contribution >= 4 is 5.96 Å². The zero-order valence-corrected chi connectivity index (χ0v) is 19.3. The molecule has 4 rings (SSSR count). The molecule has 2 heterocycles. The Labute approximate surface area is 192 Å². The topological polar surface area (TPSA) is 52.1 Å². The molecule has 0 saturated carbocycles. The lowest BCUT2D eigenvalue weighted by atomic mass is 10.1. The van der Waals surface area contributed by atoms with Gasteiger partial charge < -0.3 is 15.4 Å². The molecule has 0 radical (unpaired) electrons. The van der Waals surface area contributed by atoms with Crippen molar-refractivity contribution in [3.8, 4) is 0 Å². The number of ether oxygens (including phenoxy) is 1. The maximum absolute atomic E-state index is 5.44. The lowest BCUT2D eigenvalue weighted by Crippen LogP contribution is -2.44. The van der Waals surface area contributed by atoms with Gasteiger partial charge in [0.2, 0.25) is 0 Å². The number of hydrogen-bond acceptors (Lipinski definition) is 4. The fourth-order valence-electron chi connectivity index (χ4n) is 4.55. The van der Waals surface area contributed by atoms with Crippen LogP contribution in [0.3, 0.4) is 0 Å². The number of nitrogens with zero attached hydrogens (tertiary/aromatic N) is 3. The van der Waals surface area contributed by atoms with Crippen LogP contribution in [0.1, 0.15) is 29.5 Å². The van der Waals surface area contributed by atoms with Gasteiger partial charge in [0.15, 0.2) is 5.96 Å². The Morgan fingerprint density at radius 3 is 2.38 bits per heavy atom. The molecule has 0 aliphatic carbocycles. The molecule has 2 aliphatic rings. The minimum absolute atomic E-state index is 0.549. The van der Waals surface area contributed by atoms with Gasteiger partial charge in [0.1, 0.15) is 0 Å². The monoisotopic (exact) mass is 435 g/mol. The van der Waals surface area contributed by atoms with Gasteiger partial charge in [-0.2, -0.15) is 0 Å². The van der Waals surface area contributed by atoms with E-state index >= 15 is 0 Å². The largest absolute Gasteiger partial charge is 0.379 e. The van der Waals surface area contributed by atoms with Crippen molar-refractivity contribution in [1.82, 2.24) is 20.4 Å². The van der Waals surface area contributed by atoms with Crippen LogP contribution in [0.5, 0.6) is 0 Å². The third-order valence-corrected chi connectivity index (χ3v) is 6.45. The van der Waals surface area contributed by atoms with Crippen LogP contribution in [-0.2, 0) is 24.4 Å². The van der Waals surface area contributed by atoms with Gasteiger partial charge in [-0.15, -0.1) is 0 Å². The molecule has 2 N–H and O–H groups in total. The Balaban J connectivity index is 1.20. The molecule has 0 bridgehead atoms. The van der Waals surface area contributed by atoms with Gasteiger partial charge in [0, 0.05) is 52.4 Å². The number of nitrogens with one attached hydrogen (secondary N) is 2. The van der Waals surface area contributed by atoms with E-state index in [1.807, 2.05) is 7.05 Å². The van der Waals surface area contributed by atoms with Gasteiger partial charge in [-0.3, -0.25) is 14.8 Å². The van der Waals surface area contributed by atoms with E-state index in [2.05, 4.69) is 80.0 Å². The SMILES string of the molecule is CN=C(NCc1ccc(CN2CCOCC2)cc1)NCC1CCCN1Cc1ccccc1. The molecule has 2 fully saturated rings. The first-order valence-electron chi connectivity index (χ1n) is 11.9. The molecule has 1 atom stereocenters. The third kappa shape index (κ3) is 6.79. The van der Waals surface area contributed by atoms with Crippen LogP contribution in [0.4, 0.5) is 0 Å². The number of benzene rings is 2. The Morgan fingerprint density at radius 1 is 0.906 bits per heavy atom. The Kier molecular flexibility index (Phi) is 8.54. The molecule has 6 heteroatoms. The molecule has 172 valence electrons. The van der Waals surface area contributed by atoms with E-state index < -0.39 is 0 Å². The maximum atomic E-state index is 5.44. The molecule has 2 aromatic rings. The molecule has 1 unspecified atom stereocenters. The molecule has 2 saturated heterocycles. The number of guanidine groups is 1. The van der Waals surface area contributed by atoms with Gasteiger partial charge >= 0.3 is 0 Å². The van der Waals surface area contributed by atoms with Crippen LogP contribution < -0.4 is 10.6 Å². The van der Waals surface area contributed by atoms with Crippen LogP contribution in [0.25, 0.3) is 0 Å². The summed E-state index contributed by atoms with van der Waals surface area (Å²) >= 11 is 0. The predicted octanol–water partition coefficient (Wildman–Crippen LogP) is 2.85. The second-order valence-electron chi connectivity index (χ2n) is 8.76. The molecular formula is C26H37N5O. The van der Waals surface area contributed by atoms with Crippen LogP contribution in [0, 0.1) is 0 Å². The highest BCUT2D eigenvalue weighted by Crippen LogP contribution is 2.19. The van der Waals surface area contributed by atoms with Crippen LogP contribution in [0.15, 0.2) is 59.6 Å². The first kappa shape index (κ1) is 22.8. The van der Waals surface area contributed by atoms with Gasteiger partial charge in [-0.05, 0) is 36.1 Å². The van der Waals surface area contributed by atoms with E-state index in [1.54, 1.807) is 0 Å². The second kappa shape index (κ2) is 12.0. The zero-order valence-electron chi connectivity index (χ0n) is 19.3. The molecule has 0 spiro atoms. The molecule has 32 heavy (non-hydrogen) atoms. The third-order valence-electron chi connectivity index (χ3n) is 6.45. The highest BCUT2D eigenvalue weighted by molar-refractivity contribution is 5.79. The fraction of sp³-hybridized carbons (Fsp3) is 0.500. The number of morpholine rings is 1. The molecule has 6 nitrogen and oxygen atoms in total. The fourth-order valence-corrected chi connectivity index (χ4v) is 4.55. The Hall–Kier alpha value is -2.41. The summed E-state index contributed by atoms with van der Waals surface area (Å²) in [4.78, 5) is 9.46. The summed E-state index contributed by atoms with van der Waals surface area (Å²) in [6.45, 7) is 8.63. The van der Waals surface area contributed by atoms with Crippen molar-refractivity contribution in [1.29, 1.82) is 0 Å². The Morgan fingerprint density at radius 2 is 1.62 bits per heavy atom. The van der Waals surface area contributed by atoms with Crippen molar-refractivity contribution < 1.29 is 4.74 Å². The number of rotatable bonds is 8. The second-order valence-corrected chi connectivity index (χ2v) is 8.76. The van der Waals surface area contributed by atoms with Crippen LogP contribution in [-0.4, -0.2) is 68.2 Å². The molecule has 2 aromatic carbocycles. The summed E-state index contributed by atoms with van der Waals surface area (Å²) in [5.74, 6) is 0.869. The van der Waals surface area contributed by atoms with Crippen molar-refractivity contribution in [3.63, 3.8) is 0 Å². The zero-order chi connectivity index (χ0) is 22.0. The van der Waals surface area contributed by atoms with Gasteiger partial charge in [0.05, 0.1) is 13.2 Å².